The zero-order chi connectivity index (χ0) is 14.4. The van der Waals surface area contributed by atoms with E-state index in [1.54, 1.807) is 0 Å². The second kappa shape index (κ2) is 6.81. The number of nitrogens with zero attached hydrogens (tertiary/aromatic N) is 2. The van der Waals surface area contributed by atoms with Gasteiger partial charge in [-0.05, 0) is 18.4 Å². The van der Waals surface area contributed by atoms with E-state index in [1.807, 2.05) is 18.2 Å². The van der Waals surface area contributed by atoms with Gasteiger partial charge in [-0.2, -0.15) is 4.98 Å². The van der Waals surface area contributed by atoms with Gasteiger partial charge in [-0.1, -0.05) is 35.5 Å². The van der Waals surface area contributed by atoms with Crippen molar-refractivity contribution in [1.29, 1.82) is 0 Å². The molecule has 0 aliphatic rings. The van der Waals surface area contributed by atoms with E-state index in [-0.39, 0.29) is 12.3 Å². The first kappa shape index (κ1) is 14.2. The summed E-state index contributed by atoms with van der Waals surface area (Å²) in [4.78, 5) is 14.9. The number of rotatable bonds is 7. The molecule has 106 valence electrons. The van der Waals surface area contributed by atoms with E-state index in [4.69, 9.17) is 16.0 Å². The predicted octanol–water partition coefficient (Wildman–Crippen LogP) is 1.12. The van der Waals surface area contributed by atoms with Crippen LogP contribution in [0.2, 0.25) is 0 Å². The van der Waals surface area contributed by atoms with Crippen LogP contribution in [-0.2, 0) is 17.6 Å². The summed E-state index contributed by atoms with van der Waals surface area (Å²) in [5, 5.41) is 3.90. The summed E-state index contributed by atoms with van der Waals surface area (Å²) in [5.41, 5.74) is 12.2. The highest BCUT2D eigenvalue weighted by Gasteiger charge is 2.15. The smallest absolute Gasteiger partial charge is 0.243 e. The van der Waals surface area contributed by atoms with Crippen molar-refractivity contribution in [3.63, 3.8) is 0 Å². The molecule has 1 amide bonds. The second-order valence-corrected chi connectivity index (χ2v) is 4.65. The largest absolute Gasteiger partial charge is 0.370 e. The van der Waals surface area contributed by atoms with Crippen LogP contribution in [0.1, 0.15) is 36.2 Å². The van der Waals surface area contributed by atoms with E-state index in [2.05, 4.69) is 22.3 Å². The van der Waals surface area contributed by atoms with Crippen LogP contribution in [0, 0.1) is 0 Å². The van der Waals surface area contributed by atoms with E-state index in [0.717, 1.165) is 6.42 Å². The molecule has 0 fully saturated rings. The number of carbonyl (C=O) groups excluding carboxylic acids is 1. The van der Waals surface area contributed by atoms with Gasteiger partial charge < -0.3 is 16.0 Å². The van der Waals surface area contributed by atoms with Crippen molar-refractivity contribution >= 4 is 5.91 Å². The van der Waals surface area contributed by atoms with E-state index in [0.29, 0.717) is 24.6 Å². The minimum absolute atomic E-state index is 0.211. The lowest BCUT2D eigenvalue weighted by Crippen LogP contribution is -2.16. The first-order valence-corrected chi connectivity index (χ1v) is 6.55. The monoisotopic (exact) mass is 274 g/mol. The molecule has 6 nitrogen and oxygen atoms in total. The summed E-state index contributed by atoms with van der Waals surface area (Å²) >= 11 is 0. The summed E-state index contributed by atoms with van der Waals surface area (Å²) < 4.78 is 5.11. The molecule has 0 radical (unpaired) electrons. The van der Waals surface area contributed by atoms with Crippen molar-refractivity contribution < 1.29 is 9.32 Å². The third-order valence-electron chi connectivity index (χ3n) is 2.98. The van der Waals surface area contributed by atoms with Gasteiger partial charge >= 0.3 is 0 Å². The van der Waals surface area contributed by atoms with Crippen molar-refractivity contribution in [3.8, 4) is 0 Å². The lowest BCUT2D eigenvalue weighted by Gasteiger charge is -2.03. The van der Waals surface area contributed by atoms with Gasteiger partial charge in [-0.15, -0.1) is 0 Å². The molecule has 0 spiro atoms. The molecule has 0 aliphatic carbocycles. The van der Waals surface area contributed by atoms with Gasteiger partial charge in [-0.25, -0.2) is 0 Å². The van der Waals surface area contributed by atoms with Gasteiger partial charge in [0.25, 0.3) is 0 Å². The summed E-state index contributed by atoms with van der Waals surface area (Å²) in [6.07, 6.45) is 2.16. The van der Waals surface area contributed by atoms with Crippen LogP contribution in [0.3, 0.4) is 0 Å². The molecule has 1 aromatic heterocycles. The van der Waals surface area contributed by atoms with E-state index < -0.39 is 6.04 Å². The molecular formula is C14H18N4O2. The Morgan fingerprint density at radius 3 is 2.70 bits per heavy atom. The number of aryl methyl sites for hydroxylation is 2. The van der Waals surface area contributed by atoms with Crippen molar-refractivity contribution in [3.05, 3.63) is 47.6 Å². The molecular weight excluding hydrogens is 256 g/mol. The maximum atomic E-state index is 10.7. The number of hydrogen-bond acceptors (Lipinski definition) is 5. The molecule has 4 N–H and O–H groups in total. The molecule has 0 bridgehead atoms. The fourth-order valence-corrected chi connectivity index (χ4v) is 1.84. The average Bonchev–Trinajstić information content (AvgIpc) is 2.92. The number of hydrogen-bond donors (Lipinski definition) is 2. The Morgan fingerprint density at radius 1 is 1.25 bits per heavy atom. The van der Waals surface area contributed by atoms with Crippen LogP contribution in [0.5, 0.6) is 0 Å². The molecule has 0 saturated heterocycles. The fourth-order valence-electron chi connectivity index (χ4n) is 1.84. The molecule has 1 aromatic carbocycles. The standard InChI is InChI=1S/C14H18N4O2/c15-11(7-8-12(16)19)14-17-13(18-20-14)9-6-10-4-2-1-3-5-10/h1-5,11H,6-9,15H2,(H2,16,19)/t11-/m0/s1. The zero-order valence-electron chi connectivity index (χ0n) is 11.2. The van der Waals surface area contributed by atoms with Crippen LogP contribution in [0.15, 0.2) is 34.9 Å². The normalized spacial score (nSPS) is 12.2. The quantitative estimate of drug-likeness (QED) is 0.786. The zero-order valence-corrected chi connectivity index (χ0v) is 11.2. The van der Waals surface area contributed by atoms with Crippen molar-refractivity contribution in [2.45, 2.75) is 31.7 Å². The van der Waals surface area contributed by atoms with Gasteiger partial charge in [0.1, 0.15) is 0 Å². The average molecular weight is 274 g/mol. The fraction of sp³-hybridized carbons (Fsp3) is 0.357. The Labute approximate surface area is 117 Å². The lowest BCUT2D eigenvalue weighted by atomic mass is 10.1. The SMILES string of the molecule is NC(=O)CC[C@H](N)c1nc(CCc2ccccc2)no1. The molecule has 2 aromatic rings. The summed E-state index contributed by atoms with van der Waals surface area (Å²) in [6, 6.07) is 9.64. The second-order valence-electron chi connectivity index (χ2n) is 4.65. The maximum Gasteiger partial charge on any atom is 0.243 e. The number of primary amides is 1. The number of benzene rings is 1. The number of aromatic nitrogens is 2. The topological polar surface area (TPSA) is 108 Å². The number of nitrogens with two attached hydrogens (primary N) is 2. The molecule has 1 heterocycles. The molecule has 6 heteroatoms. The van der Waals surface area contributed by atoms with Crippen LogP contribution in [0.25, 0.3) is 0 Å². The molecule has 0 saturated carbocycles. The first-order valence-electron chi connectivity index (χ1n) is 6.55. The number of carbonyl (C=O) groups is 1. The van der Waals surface area contributed by atoms with Crippen LogP contribution in [0.4, 0.5) is 0 Å². The predicted molar refractivity (Wildman–Crippen MR) is 73.5 cm³/mol. The Morgan fingerprint density at radius 2 is 2.00 bits per heavy atom. The highest BCUT2D eigenvalue weighted by molar-refractivity contribution is 5.73. The van der Waals surface area contributed by atoms with E-state index >= 15 is 0 Å². The number of amides is 1. The Kier molecular flexibility index (Phi) is 4.84. The summed E-state index contributed by atoms with van der Waals surface area (Å²) in [5.74, 6) is 0.594. The van der Waals surface area contributed by atoms with Gasteiger partial charge in [-0.3, -0.25) is 4.79 Å². The highest BCUT2D eigenvalue weighted by atomic mass is 16.5. The van der Waals surface area contributed by atoms with Crippen molar-refractivity contribution in [2.24, 2.45) is 11.5 Å². The lowest BCUT2D eigenvalue weighted by molar-refractivity contribution is -0.118. The van der Waals surface area contributed by atoms with Crippen molar-refractivity contribution in [1.82, 2.24) is 10.1 Å². The molecule has 20 heavy (non-hydrogen) atoms. The third kappa shape index (κ3) is 4.17. The van der Waals surface area contributed by atoms with Crippen LogP contribution >= 0.6 is 0 Å². The van der Waals surface area contributed by atoms with E-state index in [1.165, 1.54) is 5.56 Å². The highest BCUT2D eigenvalue weighted by Crippen LogP contribution is 2.14. The minimum Gasteiger partial charge on any atom is -0.370 e. The van der Waals surface area contributed by atoms with Gasteiger partial charge in [0.2, 0.25) is 11.8 Å². The van der Waals surface area contributed by atoms with Crippen LogP contribution in [-0.4, -0.2) is 16.0 Å². The molecule has 1 atom stereocenters. The molecule has 0 unspecified atom stereocenters. The van der Waals surface area contributed by atoms with Gasteiger partial charge in [0.05, 0.1) is 6.04 Å². The van der Waals surface area contributed by atoms with Crippen LogP contribution < -0.4 is 11.5 Å². The maximum absolute atomic E-state index is 10.7. The molecule has 0 aliphatic heterocycles. The summed E-state index contributed by atoms with van der Waals surface area (Å²) in [7, 11) is 0. The molecule has 2 rings (SSSR count). The van der Waals surface area contributed by atoms with E-state index in [9.17, 15) is 4.79 Å². The Hall–Kier alpha value is -2.21. The summed E-state index contributed by atoms with van der Waals surface area (Å²) in [6.45, 7) is 0. The minimum atomic E-state index is -0.444. The Balaban J connectivity index is 1.87. The van der Waals surface area contributed by atoms with Gasteiger partial charge in [0.15, 0.2) is 5.82 Å². The first-order chi connectivity index (χ1) is 9.65. The van der Waals surface area contributed by atoms with Crippen molar-refractivity contribution in [2.75, 3.05) is 0 Å². The Bertz CT molecular complexity index is 553. The van der Waals surface area contributed by atoms with Gasteiger partial charge in [0, 0.05) is 12.8 Å². The third-order valence-corrected chi connectivity index (χ3v) is 2.98.